The number of hydrogen-bond donors (Lipinski definition) is 0. The van der Waals surface area contributed by atoms with Crippen molar-refractivity contribution in [2.75, 3.05) is 19.8 Å². The van der Waals surface area contributed by atoms with Crippen LogP contribution < -0.4 is 0 Å². The molecule has 5 heteroatoms. The van der Waals surface area contributed by atoms with Crippen LogP contribution in [0.1, 0.15) is 29.4 Å². The topological polar surface area (TPSA) is 47.4 Å². The lowest BCUT2D eigenvalue weighted by Crippen LogP contribution is -2.34. The fourth-order valence-corrected chi connectivity index (χ4v) is 3.80. The maximum Gasteiger partial charge on any atom is 0.254 e. The minimum atomic E-state index is 0.0804. The first kappa shape index (κ1) is 17.7. The van der Waals surface area contributed by atoms with Gasteiger partial charge in [-0.25, -0.2) is 0 Å². The van der Waals surface area contributed by atoms with Crippen LogP contribution in [0.2, 0.25) is 0 Å². The predicted octanol–water partition coefficient (Wildman–Crippen LogP) is 3.74. The number of fused-ring (bicyclic) bond motifs is 2. The number of pyridine rings is 1. The van der Waals surface area contributed by atoms with Crippen LogP contribution in [0.5, 0.6) is 0 Å². The van der Waals surface area contributed by atoms with E-state index >= 15 is 0 Å². The van der Waals surface area contributed by atoms with Gasteiger partial charge in [0.2, 0.25) is 0 Å². The quantitative estimate of drug-likeness (QED) is 0.649. The standard InChI is InChI=1S/C22H25N3O2/c1-2-27-12-9-17-14-24-11-4-6-20(24)16-25(15-17)22(26)19-7-8-21-18(13-19)5-3-10-23-21/h3-8,10-11,13,17H,2,9,12,14-16H2,1H3/t17-/m1/s1. The number of ether oxygens (including phenoxy) is 1. The van der Waals surface area contributed by atoms with E-state index in [1.165, 1.54) is 5.69 Å². The second-order valence-corrected chi connectivity index (χ2v) is 7.10. The number of rotatable bonds is 5. The summed E-state index contributed by atoms with van der Waals surface area (Å²) < 4.78 is 7.83. The summed E-state index contributed by atoms with van der Waals surface area (Å²) in [7, 11) is 0. The van der Waals surface area contributed by atoms with Gasteiger partial charge >= 0.3 is 0 Å². The van der Waals surface area contributed by atoms with Gasteiger partial charge in [0, 0.05) is 55.3 Å². The van der Waals surface area contributed by atoms with E-state index < -0.39 is 0 Å². The number of benzene rings is 1. The summed E-state index contributed by atoms with van der Waals surface area (Å²) >= 11 is 0. The average Bonchev–Trinajstić information content (AvgIpc) is 3.05. The lowest BCUT2D eigenvalue weighted by molar-refractivity contribution is 0.0695. The van der Waals surface area contributed by atoms with E-state index in [9.17, 15) is 4.79 Å². The lowest BCUT2D eigenvalue weighted by Gasteiger charge is -2.24. The molecule has 1 aliphatic heterocycles. The fraction of sp³-hybridized carbons (Fsp3) is 0.364. The molecule has 3 heterocycles. The van der Waals surface area contributed by atoms with Gasteiger partial charge in [-0.3, -0.25) is 9.78 Å². The Morgan fingerprint density at radius 1 is 1.22 bits per heavy atom. The summed E-state index contributed by atoms with van der Waals surface area (Å²) in [6.07, 6.45) is 4.84. The highest BCUT2D eigenvalue weighted by molar-refractivity contribution is 5.97. The molecule has 0 saturated carbocycles. The number of carbonyl (C=O) groups excluding carboxylic acids is 1. The van der Waals surface area contributed by atoms with E-state index in [1.54, 1.807) is 6.20 Å². The molecule has 5 nitrogen and oxygen atoms in total. The molecule has 1 aromatic carbocycles. The Hall–Kier alpha value is -2.66. The molecule has 27 heavy (non-hydrogen) atoms. The van der Waals surface area contributed by atoms with E-state index in [-0.39, 0.29) is 5.91 Å². The third-order valence-electron chi connectivity index (χ3n) is 5.22. The van der Waals surface area contributed by atoms with Crippen LogP contribution in [0.3, 0.4) is 0 Å². The molecule has 0 radical (unpaired) electrons. The average molecular weight is 363 g/mol. The molecular formula is C22H25N3O2. The van der Waals surface area contributed by atoms with Crippen molar-refractivity contribution in [1.82, 2.24) is 14.5 Å². The van der Waals surface area contributed by atoms with E-state index in [0.29, 0.717) is 12.5 Å². The minimum absolute atomic E-state index is 0.0804. The Labute approximate surface area is 159 Å². The molecule has 1 amide bonds. The SMILES string of the molecule is CCOCC[C@H]1CN(C(=O)c2ccc3ncccc3c2)Cc2cccn2C1. The fourth-order valence-electron chi connectivity index (χ4n) is 3.80. The molecule has 0 aliphatic carbocycles. The van der Waals surface area contributed by atoms with E-state index in [2.05, 4.69) is 27.9 Å². The van der Waals surface area contributed by atoms with Gasteiger partial charge in [-0.2, -0.15) is 0 Å². The smallest absolute Gasteiger partial charge is 0.254 e. The van der Waals surface area contributed by atoms with Gasteiger partial charge < -0.3 is 14.2 Å². The van der Waals surface area contributed by atoms with Crippen molar-refractivity contribution < 1.29 is 9.53 Å². The zero-order valence-electron chi connectivity index (χ0n) is 15.7. The molecule has 0 N–H and O–H groups in total. The Bertz CT molecular complexity index is 934. The first-order valence-corrected chi connectivity index (χ1v) is 9.60. The molecule has 0 spiro atoms. The molecule has 0 bridgehead atoms. The summed E-state index contributed by atoms with van der Waals surface area (Å²) in [5, 5.41) is 0.995. The molecule has 1 aliphatic rings. The number of hydrogen-bond acceptors (Lipinski definition) is 3. The van der Waals surface area contributed by atoms with Gasteiger partial charge in [-0.15, -0.1) is 0 Å². The highest BCUT2D eigenvalue weighted by Crippen LogP contribution is 2.22. The summed E-state index contributed by atoms with van der Waals surface area (Å²) in [6, 6.07) is 13.8. The third kappa shape index (κ3) is 3.88. The lowest BCUT2D eigenvalue weighted by atomic mass is 10.0. The molecule has 2 aromatic heterocycles. The van der Waals surface area contributed by atoms with E-state index in [4.69, 9.17) is 4.74 Å². The van der Waals surface area contributed by atoms with Crippen molar-refractivity contribution in [2.45, 2.75) is 26.4 Å². The zero-order valence-corrected chi connectivity index (χ0v) is 15.7. The number of aromatic nitrogens is 2. The first-order chi connectivity index (χ1) is 13.2. The minimum Gasteiger partial charge on any atom is -0.382 e. The Morgan fingerprint density at radius 3 is 3.04 bits per heavy atom. The second kappa shape index (κ2) is 7.92. The van der Waals surface area contributed by atoms with Crippen LogP contribution in [-0.2, 0) is 17.8 Å². The molecule has 0 fully saturated rings. The third-order valence-corrected chi connectivity index (χ3v) is 5.22. The number of amides is 1. The van der Waals surface area contributed by atoms with Crippen LogP contribution >= 0.6 is 0 Å². The second-order valence-electron chi connectivity index (χ2n) is 7.10. The van der Waals surface area contributed by atoms with Gasteiger partial charge in [0.25, 0.3) is 5.91 Å². The maximum absolute atomic E-state index is 13.3. The van der Waals surface area contributed by atoms with Gasteiger partial charge in [-0.05, 0) is 55.7 Å². The Morgan fingerprint density at radius 2 is 2.15 bits per heavy atom. The molecule has 4 rings (SSSR count). The van der Waals surface area contributed by atoms with Crippen LogP contribution in [0.4, 0.5) is 0 Å². The van der Waals surface area contributed by atoms with Crippen LogP contribution in [0.25, 0.3) is 10.9 Å². The highest BCUT2D eigenvalue weighted by atomic mass is 16.5. The Kier molecular flexibility index (Phi) is 5.21. The summed E-state index contributed by atoms with van der Waals surface area (Å²) in [5.41, 5.74) is 2.82. The van der Waals surface area contributed by atoms with Crippen molar-refractivity contribution in [3.63, 3.8) is 0 Å². The highest BCUT2D eigenvalue weighted by Gasteiger charge is 2.25. The van der Waals surface area contributed by atoms with Gasteiger partial charge in [0.1, 0.15) is 0 Å². The van der Waals surface area contributed by atoms with Crippen LogP contribution in [0.15, 0.2) is 54.9 Å². The number of nitrogens with zero attached hydrogens (tertiary/aromatic N) is 3. The van der Waals surface area contributed by atoms with E-state index in [1.807, 2.05) is 42.2 Å². The van der Waals surface area contributed by atoms with Crippen molar-refractivity contribution in [1.29, 1.82) is 0 Å². The van der Waals surface area contributed by atoms with Crippen molar-refractivity contribution in [3.8, 4) is 0 Å². The zero-order chi connectivity index (χ0) is 18.6. The summed E-state index contributed by atoms with van der Waals surface area (Å²) in [6.45, 7) is 5.81. The number of carbonyl (C=O) groups is 1. The predicted molar refractivity (Wildman–Crippen MR) is 106 cm³/mol. The van der Waals surface area contributed by atoms with Gasteiger partial charge in [-0.1, -0.05) is 6.07 Å². The monoisotopic (exact) mass is 363 g/mol. The molecule has 140 valence electrons. The summed E-state index contributed by atoms with van der Waals surface area (Å²) in [5.74, 6) is 0.466. The molecular weight excluding hydrogens is 338 g/mol. The van der Waals surface area contributed by atoms with Crippen LogP contribution in [0, 0.1) is 5.92 Å². The normalized spacial score (nSPS) is 16.9. The van der Waals surface area contributed by atoms with Gasteiger partial charge in [0.05, 0.1) is 12.1 Å². The maximum atomic E-state index is 13.3. The first-order valence-electron chi connectivity index (χ1n) is 9.60. The van der Waals surface area contributed by atoms with Crippen molar-refractivity contribution in [3.05, 3.63) is 66.1 Å². The van der Waals surface area contributed by atoms with E-state index in [0.717, 1.165) is 49.2 Å². The molecule has 0 unspecified atom stereocenters. The summed E-state index contributed by atoms with van der Waals surface area (Å²) in [4.78, 5) is 19.6. The van der Waals surface area contributed by atoms with Crippen molar-refractivity contribution >= 4 is 16.8 Å². The molecule has 1 atom stereocenters. The Balaban J connectivity index is 1.58. The molecule has 3 aromatic rings. The van der Waals surface area contributed by atoms with Crippen molar-refractivity contribution in [2.24, 2.45) is 5.92 Å². The van der Waals surface area contributed by atoms with Gasteiger partial charge in [0.15, 0.2) is 0 Å². The molecule has 0 saturated heterocycles. The van der Waals surface area contributed by atoms with Crippen LogP contribution in [-0.4, -0.2) is 40.1 Å². The largest absolute Gasteiger partial charge is 0.382 e.